The maximum absolute atomic E-state index is 13.7. The number of ether oxygens (including phenoxy) is 4. The Balaban J connectivity index is 0. The van der Waals surface area contributed by atoms with Crippen LogP contribution in [-0.2, 0) is 38.1 Å². The number of esters is 4. The highest BCUT2D eigenvalue weighted by molar-refractivity contribution is 5.88. The van der Waals surface area contributed by atoms with Crippen LogP contribution in [0.1, 0.15) is 34.6 Å². The van der Waals surface area contributed by atoms with E-state index in [2.05, 4.69) is 25.5 Å². The zero-order valence-corrected chi connectivity index (χ0v) is 19.4. The summed E-state index contributed by atoms with van der Waals surface area (Å²) in [7, 11) is 1.65. The van der Waals surface area contributed by atoms with E-state index >= 15 is 0 Å². The standard InChI is InChI=1S/C13H18F2O6.C7H12F2O3/c1-7(2)10(13(14,15)12(18)19-5)21-9(16)6-20-11(17)8(3)4;1-4(2)5(10)7(8,9)6(11)12-3/h7,10H,3,6H2,1-2,4-5H3;4-5,10H,1-3H3. The first kappa shape index (κ1) is 32.5. The van der Waals surface area contributed by atoms with Crippen molar-refractivity contribution in [1.82, 2.24) is 0 Å². The summed E-state index contributed by atoms with van der Waals surface area (Å²) in [5, 5.41) is 8.90. The zero-order valence-electron chi connectivity index (χ0n) is 19.4. The SMILES string of the molecule is C=C(C)C(=O)OCC(=O)OC(C(C)C)C(F)(F)C(=O)OC.COC(=O)C(F)(F)C(O)C(C)C. The summed E-state index contributed by atoms with van der Waals surface area (Å²) in [6.07, 6.45) is -4.02. The molecule has 0 rings (SSSR count). The highest BCUT2D eigenvalue weighted by atomic mass is 19.3. The van der Waals surface area contributed by atoms with Gasteiger partial charge in [0.1, 0.15) is 6.10 Å². The van der Waals surface area contributed by atoms with Gasteiger partial charge in [0, 0.05) is 5.57 Å². The molecule has 0 aliphatic carbocycles. The maximum atomic E-state index is 13.7. The summed E-state index contributed by atoms with van der Waals surface area (Å²) >= 11 is 0. The molecular weight excluding hydrogens is 460 g/mol. The number of aliphatic hydroxyl groups excluding tert-OH is 1. The summed E-state index contributed by atoms with van der Waals surface area (Å²) in [4.78, 5) is 44.0. The van der Waals surface area contributed by atoms with E-state index in [9.17, 15) is 36.7 Å². The molecule has 0 aromatic rings. The second-order valence-electron chi connectivity index (χ2n) is 7.43. The van der Waals surface area contributed by atoms with E-state index in [1.807, 2.05) is 0 Å². The fraction of sp³-hybridized carbons (Fsp3) is 0.700. The Morgan fingerprint density at radius 2 is 1.30 bits per heavy atom. The van der Waals surface area contributed by atoms with Crippen molar-refractivity contribution in [1.29, 1.82) is 0 Å². The van der Waals surface area contributed by atoms with Gasteiger partial charge in [0.2, 0.25) is 0 Å². The minimum Gasteiger partial charge on any atom is -0.465 e. The van der Waals surface area contributed by atoms with Gasteiger partial charge in [-0.25, -0.2) is 19.2 Å². The Morgan fingerprint density at radius 1 is 0.879 bits per heavy atom. The molecule has 0 saturated heterocycles. The van der Waals surface area contributed by atoms with Gasteiger partial charge < -0.3 is 24.1 Å². The van der Waals surface area contributed by atoms with E-state index in [1.54, 1.807) is 0 Å². The molecule has 0 amide bonds. The second kappa shape index (κ2) is 13.8. The number of hydrogen-bond acceptors (Lipinski definition) is 9. The van der Waals surface area contributed by atoms with Gasteiger partial charge in [-0.2, -0.15) is 17.6 Å². The van der Waals surface area contributed by atoms with Gasteiger partial charge in [-0.15, -0.1) is 0 Å². The first-order valence-corrected chi connectivity index (χ1v) is 9.50. The topological polar surface area (TPSA) is 125 Å². The molecular formula is C20H30F4O9. The van der Waals surface area contributed by atoms with E-state index < -0.39 is 66.4 Å². The first-order chi connectivity index (χ1) is 14.9. The van der Waals surface area contributed by atoms with E-state index in [-0.39, 0.29) is 5.57 Å². The number of carbonyl (C=O) groups excluding carboxylic acids is 4. The minimum absolute atomic E-state index is 0.0445. The highest BCUT2D eigenvalue weighted by Crippen LogP contribution is 2.28. The maximum Gasteiger partial charge on any atom is 0.380 e. The van der Waals surface area contributed by atoms with Crippen LogP contribution in [-0.4, -0.2) is 73.9 Å². The quantitative estimate of drug-likeness (QED) is 0.212. The fourth-order valence-corrected chi connectivity index (χ4v) is 1.98. The van der Waals surface area contributed by atoms with Crippen molar-refractivity contribution in [2.45, 2.75) is 58.7 Å². The molecule has 192 valence electrons. The lowest BCUT2D eigenvalue weighted by Crippen LogP contribution is -2.48. The Kier molecular flexibility index (Phi) is 13.5. The van der Waals surface area contributed by atoms with E-state index in [0.717, 1.165) is 14.2 Å². The molecule has 9 nitrogen and oxygen atoms in total. The predicted molar refractivity (Wildman–Crippen MR) is 105 cm³/mol. The predicted octanol–water partition coefficient (Wildman–Crippen LogP) is 2.29. The third-order valence-electron chi connectivity index (χ3n) is 3.81. The van der Waals surface area contributed by atoms with Crippen LogP contribution in [0.3, 0.4) is 0 Å². The van der Waals surface area contributed by atoms with Crippen molar-refractivity contribution < 1.29 is 60.8 Å². The molecule has 0 aromatic carbocycles. The van der Waals surface area contributed by atoms with Crippen molar-refractivity contribution in [2.75, 3.05) is 20.8 Å². The van der Waals surface area contributed by atoms with Gasteiger partial charge in [0.05, 0.1) is 14.2 Å². The monoisotopic (exact) mass is 490 g/mol. The van der Waals surface area contributed by atoms with Crippen LogP contribution in [0.2, 0.25) is 0 Å². The van der Waals surface area contributed by atoms with Crippen LogP contribution in [0.25, 0.3) is 0 Å². The summed E-state index contributed by atoms with van der Waals surface area (Å²) < 4.78 is 69.8. The smallest absolute Gasteiger partial charge is 0.380 e. The average Bonchev–Trinajstić information content (AvgIpc) is 2.73. The molecule has 1 N–H and O–H groups in total. The number of rotatable bonds is 10. The summed E-state index contributed by atoms with van der Waals surface area (Å²) in [5.41, 5.74) is 0.0445. The van der Waals surface area contributed by atoms with Gasteiger partial charge in [-0.3, -0.25) is 0 Å². The molecule has 0 fully saturated rings. The third-order valence-corrected chi connectivity index (χ3v) is 3.81. The lowest BCUT2D eigenvalue weighted by molar-refractivity contribution is -0.203. The second-order valence-corrected chi connectivity index (χ2v) is 7.43. The molecule has 0 aromatic heterocycles. The normalized spacial score (nSPS) is 13.3. The highest BCUT2D eigenvalue weighted by Gasteiger charge is 2.52. The molecule has 13 heteroatoms. The number of hydrogen-bond donors (Lipinski definition) is 1. The Bertz CT molecular complexity index is 706. The fourth-order valence-electron chi connectivity index (χ4n) is 1.98. The molecule has 0 saturated carbocycles. The van der Waals surface area contributed by atoms with E-state index in [0.29, 0.717) is 0 Å². The largest absolute Gasteiger partial charge is 0.465 e. The van der Waals surface area contributed by atoms with Crippen molar-refractivity contribution in [3.05, 3.63) is 12.2 Å². The number of halogens is 4. The Hall–Kier alpha value is -2.70. The summed E-state index contributed by atoms with van der Waals surface area (Å²) in [6, 6.07) is 0. The number of methoxy groups -OCH3 is 2. The Labute approximate surface area is 189 Å². The number of alkyl halides is 4. The zero-order chi connectivity index (χ0) is 26.7. The van der Waals surface area contributed by atoms with Crippen molar-refractivity contribution in [3.8, 4) is 0 Å². The molecule has 0 bridgehead atoms. The van der Waals surface area contributed by atoms with Crippen molar-refractivity contribution in [3.63, 3.8) is 0 Å². The van der Waals surface area contributed by atoms with Gasteiger partial charge >= 0.3 is 35.7 Å². The van der Waals surface area contributed by atoms with Gasteiger partial charge in [0.25, 0.3) is 0 Å². The van der Waals surface area contributed by atoms with Gasteiger partial charge in [-0.1, -0.05) is 34.3 Å². The summed E-state index contributed by atoms with van der Waals surface area (Å²) in [6.45, 7) is 9.25. The van der Waals surface area contributed by atoms with Crippen LogP contribution in [0, 0.1) is 11.8 Å². The van der Waals surface area contributed by atoms with Gasteiger partial charge in [-0.05, 0) is 18.8 Å². The van der Waals surface area contributed by atoms with Crippen molar-refractivity contribution >= 4 is 23.9 Å². The minimum atomic E-state index is -4.00. The average molecular weight is 490 g/mol. The molecule has 0 radical (unpaired) electrons. The van der Waals surface area contributed by atoms with Crippen LogP contribution >= 0.6 is 0 Å². The van der Waals surface area contributed by atoms with E-state index in [1.165, 1.54) is 34.6 Å². The van der Waals surface area contributed by atoms with Crippen molar-refractivity contribution in [2.24, 2.45) is 11.8 Å². The van der Waals surface area contributed by atoms with Crippen LogP contribution in [0.5, 0.6) is 0 Å². The molecule has 0 spiro atoms. The third kappa shape index (κ3) is 10.2. The number of aliphatic hydroxyl groups is 1. The molecule has 0 aliphatic rings. The van der Waals surface area contributed by atoms with Crippen LogP contribution in [0.4, 0.5) is 17.6 Å². The molecule has 0 aliphatic heterocycles. The van der Waals surface area contributed by atoms with Crippen LogP contribution in [0.15, 0.2) is 12.2 Å². The molecule has 2 unspecified atom stereocenters. The first-order valence-electron chi connectivity index (χ1n) is 9.50. The molecule has 2 atom stereocenters. The lowest BCUT2D eigenvalue weighted by atomic mass is 10.0. The van der Waals surface area contributed by atoms with E-state index in [4.69, 9.17) is 5.11 Å². The molecule has 33 heavy (non-hydrogen) atoms. The number of carbonyl (C=O) groups is 4. The molecule has 0 heterocycles. The van der Waals surface area contributed by atoms with Gasteiger partial charge in [0.15, 0.2) is 12.7 Å². The Morgan fingerprint density at radius 3 is 1.64 bits per heavy atom. The van der Waals surface area contributed by atoms with Crippen LogP contribution < -0.4 is 0 Å². The summed E-state index contributed by atoms with van der Waals surface area (Å²) in [5.74, 6) is -14.9. The lowest BCUT2D eigenvalue weighted by Gasteiger charge is -2.27.